The molecule has 2 amide bonds. The molecule has 1 N–H and O–H groups in total. The largest absolute Gasteiger partial charge is 0.433 e. The fourth-order valence-corrected chi connectivity index (χ4v) is 4.35. The van der Waals surface area contributed by atoms with Gasteiger partial charge in [-0.2, -0.15) is 13.2 Å². The van der Waals surface area contributed by atoms with Gasteiger partial charge in [-0.05, 0) is 59.0 Å². The van der Waals surface area contributed by atoms with Gasteiger partial charge in [-0.15, -0.1) is 0 Å². The average molecular weight is 522 g/mol. The molecule has 182 valence electrons. The molecule has 1 aromatic heterocycles. The van der Waals surface area contributed by atoms with Crippen LogP contribution in [0.2, 0.25) is 10.0 Å². The third-order valence-corrected chi connectivity index (χ3v) is 6.34. The summed E-state index contributed by atoms with van der Waals surface area (Å²) in [5.41, 5.74) is 1.19. The van der Waals surface area contributed by atoms with E-state index in [0.29, 0.717) is 26.7 Å². The van der Waals surface area contributed by atoms with Crippen LogP contribution in [0.15, 0.2) is 60.8 Å². The van der Waals surface area contributed by atoms with Crippen molar-refractivity contribution in [3.63, 3.8) is 0 Å². The van der Waals surface area contributed by atoms with Crippen molar-refractivity contribution in [2.45, 2.75) is 31.6 Å². The van der Waals surface area contributed by atoms with Gasteiger partial charge in [-0.3, -0.25) is 14.6 Å². The zero-order valence-electron chi connectivity index (χ0n) is 18.4. The maximum absolute atomic E-state index is 13.3. The first-order valence-electron chi connectivity index (χ1n) is 10.7. The molecule has 2 heterocycles. The van der Waals surface area contributed by atoms with Gasteiger partial charge in [0.25, 0.3) is 5.91 Å². The molecule has 1 aliphatic heterocycles. The van der Waals surface area contributed by atoms with Gasteiger partial charge in [0.1, 0.15) is 11.7 Å². The number of carbonyl (C=O) groups excluding carboxylic acids is 2. The van der Waals surface area contributed by atoms with Gasteiger partial charge >= 0.3 is 6.18 Å². The first-order chi connectivity index (χ1) is 16.5. The van der Waals surface area contributed by atoms with E-state index < -0.39 is 23.8 Å². The minimum Gasteiger partial charge on any atom is -0.350 e. The van der Waals surface area contributed by atoms with Crippen molar-refractivity contribution in [3.8, 4) is 0 Å². The van der Waals surface area contributed by atoms with Crippen LogP contribution >= 0.6 is 23.2 Å². The van der Waals surface area contributed by atoms with Crippen LogP contribution in [0.5, 0.6) is 0 Å². The Kier molecular flexibility index (Phi) is 7.05. The molecule has 0 saturated carbocycles. The Labute approximate surface area is 209 Å². The summed E-state index contributed by atoms with van der Waals surface area (Å²) in [6.07, 6.45) is -3.48. The topological polar surface area (TPSA) is 62.3 Å². The van der Waals surface area contributed by atoms with Gasteiger partial charge in [0.05, 0.1) is 0 Å². The third kappa shape index (κ3) is 5.44. The molecule has 0 bridgehead atoms. The van der Waals surface area contributed by atoms with E-state index in [4.69, 9.17) is 23.2 Å². The van der Waals surface area contributed by atoms with Crippen molar-refractivity contribution < 1.29 is 22.8 Å². The average Bonchev–Trinajstić information content (AvgIpc) is 3.08. The Hall–Kier alpha value is -3.10. The monoisotopic (exact) mass is 521 g/mol. The Bertz CT molecular complexity index is 1250. The minimum atomic E-state index is -4.55. The van der Waals surface area contributed by atoms with E-state index in [1.807, 2.05) is 19.1 Å². The van der Waals surface area contributed by atoms with E-state index in [0.717, 1.165) is 17.8 Å². The number of hydrogen-bond donors (Lipinski definition) is 1. The smallest absolute Gasteiger partial charge is 0.350 e. The molecule has 1 aliphatic rings. The molecule has 3 aromatic rings. The predicted molar refractivity (Wildman–Crippen MR) is 126 cm³/mol. The summed E-state index contributed by atoms with van der Waals surface area (Å²) in [5.74, 6) is -0.869. The zero-order chi connectivity index (χ0) is 25.3. The van der Waals surface area contributed by atoms with Crippen molar-refractivity contribution >= 4 is 35.0 Å². The fraction of sp³-hybridized carbons (Fsp3) is 0.240. The molecule has 0 saturated heterocycles. The summed E-state index contributed by atoms with van der Waals surface area (Å²) in [4.78, 5) is 31.4. The number of rotatable bonds is 6. The van der Waals surface area contributed by atoms with Crippen LogP contribution < -0.4 is 5.32 Å². The second-order valence-electron chi connectivity index (χ2n) is 8.31. The molecule has 0 radical (unpaired) electrons. The maximum Gasteiger partial charge on any atom is 0.433 e. The number of alkyl halides is 3. The van der Waals surface area contributed by atoms with Crippen LogP contribution in [0.1, 0.15) is 51.6 Å². The maximum atomic E-state index is 13.3. The number of aromatic nitrogens is 1. The summed E-state index contributed by atoms with van der Waals surface area (Å²) < 4.78 is 38.3. The predicted octanol–water partition coefficient (Wildman–Crippen LogP) is 6.02. The normalized spacial score (nSPS) is 16.2. The molecule has 5 nitrogen and oxygen atoms in total. The SMILES string of the molecule is CC(CN1C(=O)c2ccc(Cl)cc2C1C(=O)NCc1ccc(C(F)(F)F)nc1)c1ccc(Cl)cc1. The molecule has 10 heteroatoms. The van der Waals surface area contributed by atoms with Gasteiger partial charge in [-0.25, -0.2) is 0 Å². The molecule has 2 atom stereocenters. The number of benzene rings is 2. The number of halogens is 5. The van der Waals surface area contributed by atoms with Crippen LogP contribution in [0, 0.1) is 0 Å². The molecule has 0 aliphatic carbocycles. The van der Waals surface area contributed by atoms with Crippen molar-refractivity contribution in [1.82, 2.24) is 15.2 Å². The number of pyridine rings is 1. The number of nitrogens with one attached hydrogen (secondary N) is 1. The second kappa shape index (κ2) is 9.87. The highest BCUT2D eigenvalue weighted by Crippen LogP contribution is 2.37. The molecule has 0 spiro atoms. The molecular formula is C25H20Cl2F3N3O2. The quantitative estimate of drug-likeness (QED) is 0.431. The Morgan fingerprint density at radius 3 is 2.40 bits per heavy atom. The van der Waals surface area contributed by atoms with Crippen LogP contribution in [-0.4, -0.2) is 28.2 Å². The van der Waals surface area contributed by atoms with E-state index in [-0.39, 0.29) is 24.9 Å². The summed E-state index contributed by atoms with van der Waals surface area (Å²) in [7, 11) is 0. The molecule has 0 fully saturated rings. The fourth-order valence-electron chi connectivity index (χ4n) is 4.04. The Balaban J connectivity index is 1.55. The van der Waals surface area contributed by atoms with E-state index in [9.17, 15) is 22.8 Å². The van der Waals surface area contributed by atoms with Gasteiger partial charge < -0.3 is 10.2 Å². The number of hydrogen-bond acceptors (Lipinski definition) is 3. The lowest BCUT2D eigenvalue weighted by Gasteiger charge is -2.27. The number of carbonyl (C=O) groups is 2. The van der Waals surface area contributed by atoms with E-state index in [1.165, 1.54) is 11.0 Å². The summed E-state index contributed by atoms with van der Waals surface area (Å²) in [5, 5.41) is 3.69. The molecular weight excluding hydrogens is 502 g/mol. The highest BCUT2D eigenvalue weighted by molar-refractivity contribution is 6.31. The second-order valence-corrected chi connectivity index (χ2v) is 9.18. The van der Waals surface area contributed by atoms with E-state index >= 15 is 0 Å². The number of nitrogens with zero attached hydrogens (tertiary/aromatic N) is 2. The summed E-state index contributed by atoms with van der Waals surface area (Å²) in [6, 6.07) is 13.2. The third-order valence-electron chi connectivity index (χ3n) is 5.85. The van der Waals surface area contributed by atoms with Crippen LogP contribution in [0.25, 0.3) is 0 Å². The Morgan fingerprint density at radius 1 is 1.09 bits per heavy atom. The van der Waals surface area contributed by atoms with Crippen molar-refractivity contribution in [3.05, 3.63) is 98.8 Å². The molecule has 2 unspecified atom stereocenters. The van der Waals surface area contributed by atoms with Crippen LogP contribution in [0.4, 0.5) is 13.2 Å². The zero-order valence-corrected chi connectivity index (χ0v) is 20.0. The lowest BCUT2D eigenvalue weighted by molar-refractivity contribution is -0.141. The van der Waals surface area contributed by atoms with Gasteiger partial charge in [0, 0.05) is 34.9 Å². The van der Waals surface area contributed by atoms with Crippen molar-refractivity contribution in [2.75, 3.05) is 6.54 Å². The first-order valence-corrected chi connectivity index (χ1v) is 11.5. The molecule has 4 rings (SSSR count). The van der Waals surface area contributed by atoms with Crippen molar-refractivity contribution in [1.29, 1.82) is 0 Å². The minimum absolute atomic E-state index is 0.0505. The highest BCUT2D eigenvalue weighted by atomic mass is 35.5. The highest BCUT2D eigenvalue weighted by Gasteiger charge is 2.41. The summed E-state index contributed by atoms with van der Waals surface area (Å²) >= 11 is 12.1. The van der Waals surface area contributed by atoms with Gasteiger partial charge in [0.15, 0.2) is 0 Å². The number of amides is 2. The van der Waals surface area contributed by atoms with Crippen LogP contribution in [0.3, 0.4) is 0 Å². The van der Waals surface area contributed by atoms with Crippen molar-refractivity contribution in [2.24, 2.45) is 0 Å². The van der Waals surface area contributed by atoms with E-state index in [2.05, 4.69) is 10.3 Å². The summed E-state index contributed by atoms with van der Waals surface area (Å²) in [6.45, 7) is 2.15. The molecule has 35 heavy (non-hydrogen) atoms. The number of fused-ring (bicyclic) bond motifs is 1. The first kappa shape index (κ1) is 25.0. The lowest BCUT2D eigenvalue weighted by atomic mass is 9.99. The standard InChI is InChI=1S/C25H20Cl2F3N3O2/c1-14(16-3-5-17(26)6-4-16)13-33-22(20-10-18(27)7-8-19(20)24(33)35)23(34)32-12-15-2-9-21(31-11-15)25(28,29)30/h2-11,14,22H,12-13H2,1H3,(H,32,34). The van der Waals surface area contributed by atoms with E-state index in [1.54, 1.807) is 30.3 Å². The van der Waals surface area contributed by atoms with Gasteiger partial charge in [0.2, 0.25) is 5.91 Å². The molecule has 2 aromatic carbocycles. The lowest BCUT2D eigenvalue weighted by Crippen LogP contribution is -2.40. The van der Waals surface area contributed by atoms with Crippen LogP contribution in [-0.2, 0) is 17.5 Å². The van der Waals surface area contributed by atoms with Gasteiger partial charge in [-0.1, -0.05) is 48.3 Å². The Morgan fingerprint density at radius 2 is 1.77 bits per heavy atom.